The van der Waals surface area contributed by atoms with E-state index in [4.69, 9.17) is 9.47 Å². The molecular weight excluding hydrogens is 420 g/mol. The van der Waals surface area contributed by atoms with Gasteiger partial charge in [0.05, 0.1) is 10.5 Å². The first-order chi connectivity index (χ1) is 13.7. The van der Waals surface area contributed by atoms with Gasteiger partial charge in [-0.2, -0.15) is 0 Å². The van der Waals surface area contributed by atoms with Gasteiger partial charge in [-0.1, -0.05) is 42.5 Å². The van der Waals surface area contributed by atoms with Crippen molar-refractivity contribution in [2.24, 2.45) is 0 Å². The normalized spacial score (nSPS) is 18.8. The van der Waals surface area contributed by atoms with Gasteiger partial charge in [0.2, 0.25) is 0 Å². The predicted molar refractivity (Wildman–Crippen MR) is 111 cm³/mol. The molecular formula is C22H21BrN2O3. The van der Waals surface area contributed by atoms with Gasteiger partial charge in [-0.3, -0.25) is 5.43 Å². The maximum atomic E-state index is 10.6. The standard InChI is InChI=1S/C22H21BrN2O3/c23-18-8-4-5-9-20(18)28-21-13-24-25-22(21)17-11-10-16(12-19(17)26)27-14-15-6-2-1-3-7-15/h1-12,21-22,24-26H,13-14H2. The molecule has 1 heterocycles. The fourth-order valence-corrected chi connectivity index (χ4v) is 3.57. The van der Waals surface area contributed by atoms with Gasteiger partial charge in [0.15, 0.2) is 0 Å². The van der Waals surface area contributed by atoms with Gasteiger partial charge in [-0.25, -0.2) is 5.43 Å². The number of phenols is 1. The Balaban J connectivity index is 1.46. The quantitative estimate of drug-likeness (QED) is 0.532. The molecule has 0 aliphatic carbocycles. The molecule has 0 amide bonds. The van der Waals surface area contributed by atoms with Crippen LogP contribution in [-0.2, 0) is 6.61 Å². The van der Waals surface area contributed by atoms with Crippen LogP contribution in [0, 0.1) is 0 Å². The van der Waals surface area contributed by atoms with E-state index >= 15 is 0 Å². The van der Waals surface area contributed by atoms with E-state index in [1.165, 1.54) is 0 Å². The summed E-state index contributed by atoms with van der Waals surface area (Å²) < 4.78 is 12.8. The number of para-hydroxylation sites is 1. The van der Waals surface area contributed by atoms with E-state index in [0.717, 1.165) is 21.3 Å². The Bertz CT molecular complexity index is 936. The Hall–Kier alpha value is -2.54. The lowest BCUT2D eigenvalue weighted by Gasteiger charge is -2.22. The molecule has 2 atom stereocenters. The summed E-state index contributed by atoms with van der Waals surface area (Å²) in [6, 6.07) is 22.9. The zero-order valence-corrected chi connectivity index (χ0v) is 16.7. The molecule has 0 bridgehead atoms. The number of nitrogens with one attached hydrogen (secondary N) is 2. The zero-order valence-electron chi connectivity index (χ0n) is 15.1. The lowest BCUT2D eigenvalue weighted by molar-refractivity contribution is 0.194. The molecule has 0 aromatic heterocycles. The molecule has 28 heavy (non-hydrogen) atoms. The van der Waals surface area contributed by atoms with Crippen molar-refractivity contribution in [2.45, 2.75) is 18.8 Å². The lowest BCUT2D eigenvalue weighted by Crippen LogP contribution is -2.28. The lowest BCUT2D eigenvalue weighted by atomic mass is 10.0. The summed E-state index contributed by atoms with van der Waals surface area (Å²) in [6.07, 6.45) is -0.166. The summed E-state index contributed by atoms with van der Waals surface area (Å²) in [5, 5.41) is 10.6. The fourth-order valence-electron chi connectivity index (χ4n) is 3.19. The van der Waals surface area contributed by atoms with Crippen molar-refractivity contribution in [3.05, 3.63) is 88.4 Å². The van der Waals surface area contributed by atoms with Gasteiger partial charge < -0.3 is 14.6 Å². The van der Waals surface area contributed by atoms with Crippen molar-refractivity contribution in [3.8, 4) is 17.2 Å². The third-order valence-electron chi connectivity index (χ3n) is 4.63. The number of benzene rings is 3. The summed E-state index contributed by atoms with van der Waals surface area (Å²) in [5.41, 5.74) is 8.14. The summed E-state index contributed by atoms with van der Waals surface area (Å²) >= 11 is 3.51. The van der Waals surface area contributed by atoms with Crippen molar-refractivity contribution in [1.82, 2.24) is 10.9 Å². The van der Waals surface area contributed by atoms with Crippen molar-refractivity contribution in [3.63, 3.8) is 0 Å². The highest BCUT2D eigenvalue weighted by Gasteiger charge is 2.32. The smallest absolute Gasteiger partial charge is 0.134 e. The Morgan fingerprint density at radius 2 is 1.79 bits per heavy atom. The van der Waals surface area contributed by atoms with Crippen LogP contribution in [0.15, 0.2) is 77.3 Å². The van der Waals surface area contributed by atoms with Crippen molar-refractivity contribution < 1.29 is 14.6 Å². The molecule has 6 heteroatoms. The molecule has 1 aliphatic heterocycles. The minimum atomic E-state index is -0.185. The summed E-state index contributed by atoms with van der Waals surface area (Å²) in [4.78, 5) is 0. The van der Waals surface area contributed by atoms with E-state index in [9.17, 15) is 5.11 Å². The molecule has 4 rings (SSSR count). The van der Waals surface area contributed by atoms with Crippen LogP contribution < -0.4 is 20.3 Å². The third kappa shape index (κ3) is 4.30. The number of rotatable bonds is 6. The first-order valence-electron chi connectivity index (χ1n) is 9.10. The second kappa shape index (κ2) is 8.65. The highest BCUT2D eigenvalue weighted by Crippen LogP contribution is 2.34. The molecule has 0 saturated carbocycles. The SMILES string of the molecule is Oc1cc(OCc2ccccc2)ccc1C1NNCC1Oc1ccccc1Br. The number of aromatic hydroxyl groups is 1. The van der Waals surface area contributed by atoms with Crippen LogP contribution in [0.2, 0.25) is 0 Å². The molecule has 3 aromatic carbocycles. The topological polar surface area (TPSA) is 62.8 Å². The molecule has 1 saturated heterocycles. The molecule has 144 valence electrons. The third-order valence-corrected chi connectivity index (χ3v) is 5.29. The number of hydrogen-bond acceptors (Lipinski definition) is 5. The van der Waals surface area contributed by atoms with E-state index in [2.05, 4.69) is 26.8 Å². The largest absolute Gasteiger partial charge is 0.507 e. The second-order valence-corrected chi connectivity index (χ2v) is 7.44. The molecule has 1 aliphatic rings. The van der Waals surface area contributed by atoms with Gasteiger partial charge in [0.25, 0.3) is 0 Å². The Morgan fingerprint density at radius 3 is 2.57 bits per heavy atom. The Labute approximate surface area is 172 Å². The maximum absolute atomic E-state index is 10.6. The number of halogens is 1. The van der Waals surface area contributed by atoms with E-state index in [0.29, 0.717) is 18.9 Å². The van der Waals surface area contributed by atoms with E-state index in [1.807, 2.05) is 66.7 Å². The fraction of sp³-hybridized carbons (Fsp3) is 0.182. The average molecular weight is 441 g/mol. The van der Waals surface area contributed by atoms with Gasteiger partial charge in [0.1, 0.15) is 30.0 Å². The molecule has 1 fully saturated rings. The molecule has 5 nitrogen and oxygen atoms in total. The summed E-state index contributed by atoms with van der Waals surface area (Å²) in [7, 11) is 0. The minimum Gasteiger partial charge on any atom is -0.507 e. The average Bonchev–Trinajstić information content (AvgIpc) is 3.17. The number of hydrazine groups is 1. The van der Waals surface area contributed by atoms with Crippen LogP contribution in [0.5, 0.6) is 17.2 Å². The van der Waals surface area contributed by atoms with Gasteiger partial charge in [0, 0.05) is 18.2 Å². The summed E-state index contributed by atoms with van der Waals surface area (Å²) in [5.74, 6) is 1.57. The predicted octanol–water partition coefficient (Wildman–Crippen LogP) is 4.33. The number of phenolic OH excluding ortho intramolecular Hbond substituents is 1. The molecule has 0 spiro atoms. The van der Waals surface area contributed by atoms with E-state index in [-0.39, 0.29) is 17.9 Å². The first kappa shape index (κ1) is 18.8. The minimum absolute atomic E-state index is 0.166. The summed E-state index contributed by atoms with van der Waals surface area (Å²) in [6.45, 7) is 1.08. The van der Waals surface area contributed by atoms with Gasteiger partial charge >= 0.3 is 0 Å². The van der Waals surface area contributed by atoms with Crippen LogP contribution in [0.4, 0.5) is 0 Å². The van der Waals surface area contributed by atoms with Crippen molar-refractivity contribution in [2.75, 3.05) is 6.54 Å². The van der Waals surface area contributed by atoms with E-state index < -0.39 is 0 Å². The van der Waals surface area contributed by atoms with Crippen LogP contribution in [0.25, 0.3) is 0 Å². The second-order valence-electron chi connectivity index (χ2n) is 6.58. The van der Waals surface area contributed by atoms with Gasteiger partial charge in [-0.15, -0.1) is 0 Å². The highest BCUT2D eigenvalue weighted by atomic mass is 79.9. The number of ether oxygens (including phenoxy) is 2. The Morgan fingerprint density at radius 1 is 1.00 bits per heavy atom. The van der Waals surface area contributed by atoms with Crippen molar-refractivity contribution in [1.29, 1.82) is 0 Å². The first-order valence-corrected chi connectivity index (χ1v) is 9.89. The molecule has 0 radical (unpaired) electrons. The van der Waals surface area contributed by atoms with Crippen LogP contribution in [0.1, 0.15) is 17.2 Å². The molecule has 2 unspecified atom stereocenters. The molecule has 3 aromatic rings. The molecule has 3 N–H and O–H groups in total. The Kier molecular flexibility index (Phi) is 5.81. The number of hydrogen-bond donors (Lipinski definition) is 3. The van der Waals surface area contributed by atoms with Crippen LogP contribution in [-0.4, -0.2) is 17.8 Å². The van der Waals surface area contributed by atoms with Gasteiger partial charge in [-0.05, 0) is 45.8 Å². The van der Waals surface area contributed by atoms with E-state index in [1.54, 1.807) is 6.07 Å². The highest BCUT2D eigenvalue weighted by molar-refractivity contribution is 9.10. The monoisotopic (exact) mass is 440 g/mol. The zero-order chi connectivity index (χ0) is 19.3. The van der Waals surface area contributed by atoms with Crippen LogP contribution in [0.3, 0.4) is 0 Å². The maximum Gasteiger partial charge on any atom is 0.134 e. The van der Waals surface area contributed by atoms with Crippen LogP contribution >= 0.6 is 15.9 Å². The van der Waals surface area contributed by atoms with Crippen molar-refractivity contribution >= 4 is 15.9 Å².